The fourth-order valence-corrected chi connectivity index (χ4v) is 2.63. The Balaban J connectivity index is 2.07. The van der Waals surface area contributed by atoms with Crippen LogP contribution >= 0.6 is 0 Å². The summed E-state index contributed by atoms with van der Waals surface area (Å²) >= 11 is 0. The summed E-state index contributed by atoms with van der Waals surface area (Å²) in [5.74, 6) is 1.06. The second-order valence-electron chi connectivity index (χ2n) is 4.63. The molecule has 3 nitrogen and oxygen atoms in total. The third-order valence-electron chi connectivity index (χ3n) is 3.52. The number of benzene rings is 2. The third-order valence-corrected chi connectivity index (χ3v) is 3.52. The Morgan fingerprint density at radius 1 is 1.05 bits per heavy atom. The van der Waals surface area contributed by atoms with Crippen molar-refractivity contribution in [2.24, 2.45) is 0 Å². The number of aromatic nitrogens is 1. The van der Waals surface area contributed by atoms with Crippen LogP contribution in [0, 0.1) is 0 Å². The van der Waals surface area contributed by atoms with Crippen LogP contribution in [0.15, 0.2) is 48.7 Å². The van der Waals surface area contributed by atoms with E-state index in [2.05, 4.69) is 11.1 Å². The molecular formula is C16H11NO2. The van der Waals surface area contributed by atoms with Gasteiger partial charge in [0.15, 0.2) is 0 Å². The molecule has 0 radical (unpaired) electrons. The van der Waals surface area contributed by atoms with Gasteiger partial charge in [0.2, 0.25) is 0 Å². The number of fused-ring (bicyclic) bond motifs is 5. The summed E-state index contributed by atoms with van der Waals surface area (Å²) in [4.78, 5) is 4.36. The zero-order valence-corrected chi connectivity index (χ0v) is 10.1. The van der Waals surface area contributed by atoms with Crippen LogP contribution in [0.3, 0.4) is 0 Å². The third kappa shape index (κ3) is 1.48. The highest BCUT2D eigenvalue weighted by molar-refractivity contribution is 5.91. The van der Waals surface area contributed by atoms with Crippen molar-refractivity contribution >= 4 is 10.9 Å². The minimum atomic E-state index is 0.251. The molecule has 1 aliphatic rings. The summed E-state index contributed by atoms with van der Waals surface area (Å²) in [5, 5.41) is 10.8. The van der Waals surface area contributed by atoms with Crippen molar-refractivity contribution in [2.75, 3.05) is 0 Å². The fourth-order valence-electron chi connectivity index (χ4n) is 2.63. The lowest BCUT2D eigenvalue weighted by atomic mass is 9.94. The molecule has 0 aliphatic carbocycles. The second-order valence-corrected chi connectivity index (χ2v) is 4.63. The maximum absolute atomic E-state index is 9.66. The van der Waals surface area contributed by atoms with Gasteiger partial charge in [-0.05, 0) is 35.9 Å². The average molecular weight is 249 g/mol. The first-order chi connectivity index (χ1) is 9.33. The minimum Gasteiger partial charge on any atom is -0.508 e. The lowest BCUT2D eigenvalue weighted by molar-refractivity contribution is 0.303. The number of rotatable bonds is 0. The lowest BCUT2D eigenvalue weighted by Gasteiger charge is -2.22. The molecule has 2 heterocycles. The van der Waals surface area contributed by atoms with Gasteiger partial charge in [-0.15, -0.1) is 0 Å². The molecule has 92 valence electrons. The van der Waals surface area contributed by atoms with E-state index < -0.39 is 0 Å². The zero-order chi connectivity index (χ0) is 12.8. The van der Waals surface area contributed by atoms with Crippen LogP contribution in [0.4, 0.5) is 0 Å². The van der Waals surface area contributed by atoms with Crippen LogP contribution in [0.25, 0.3) is 22.0 Å². The van der Waals surface area contributed by atoms with Crippen LogP contribution in [0.2, 0.25) is 0 Å². The minimum absolute atomic E-state index is 0.251. The van der Waals surface area contributed by atoms with Gasteiger partial charge in [-0.25, -0.2) is 0 Å². The average Bonchev–Trinajstić information content (AvgIpc) is 2.46. The van der Waals surface area contributed by atoms with E-state index >= 15 is 0 Å². The van der Waals surface area contributed by atoms with Crippen LogP contribution in [-0.4, -0.2) is 10.1 Å². The maximum atomic E-state index is 9.66. The van der Waals surface area contributed by atoms with Gasteiger partial charge in [-0.3, -0.25) is 4.98 Å². The van der Waals surface area contributed by atoms with E-state index in [-0.39, 0.29) is 5.75 Å². The van der Waals surface area contributed by atoms with E-state index in [0.29, 0.717) is 6.61 Å². The Bertz CT molecular complexity index is 796. The predicted molar refractivity (Wildman–Crippen MR) is 73.2 cm³/mol. The molecule has 1 aliphatic heterocycles. The summed E-state index contributed by atoms with van der Waals surface area (Å²) in [5.41, 5.74) is 4.14. The van der Waals surface area contributed by atoms with E-state index in [4.69, 9.17) is 4.74 Å². The molecule has 3 heteroatoms. The SMILES string of the molecule is Oc1ccc2c(c1)-c1ccc3ncccc3c1CO2. The first-order valence-corrected chi connectivity index (χ1v) is 6.16. The van der Waals surface area contributed by atoms with Crippen LogP contribution in [-0.2, 0) is 6.61 Å². The Morgan fingerprint density at radius 2 is 2.00 bits per heavy atom. The van der Waals surface area contributed by atoms with Gasteiger partial charge in [0, 0.05) is 22.7 Å². The molecule has 1 aromatic heterocycles. The first kappa shape index (κ1) is 10.4. The van der Waals surface area contributed by atoms with Crippen LogP contribution in [0.1, 0.15) is 5.56 Å². The molecule has 1 N–H and O–H groups in total. The van der Waals surface area contributed by atoms with Gasteiger partial charge in [0.25, 0.3) is 0 Å². The molecular weight excluding hydrogens is 238 g/mol. The van der Waals surface area contributed by atoms with Gasteiger partial charge in [0.05, 0.1) is 5.52 Å². The van der Waals surface area contributed by atoms with Crippen molar-refractivity contribution in [1.29, 1.82) is 0 Å². The van der Waals surface area contributed by atoms with Crippen molar-refractivity contribution < 1.29 is 9.84 Å². The second kappa shape index (κ2) is 3.72. The Morgan fingerprint density at radius 3 is 2.95 bits per heavy atom. The number of ether oxygens (including phenoxy) is 1. The highest BCUT2D eigenvalue weighted by Crippen LogP contribution is 2.41. The number of pyridine rings is 1. The normalized spacial score (nSPS) is 12.6. The number of phenolic OH excluding ortho intramolecular Hbond substituents is 1. The molecule has 0 bridgehead atoms. The summed E-state index contributed by atoms with van der Waals surface area (Å²) in [7, 11) is 0. The van der Waals surface area contributed by atoms with Crippen molar-refractivity contribution in [2.45, 2.75) is 6.61 Å². The molecule has 0 amide bonds. The van der Waals surface area contributed by atoms with E-state index in [1.807, 2.05) is 18.2 Å². The standard InChI is InChI=1S/C16H11NO2/c18-10-3-6-16-13(8-10)11-4-5-15-12(2-1-7-17-15)14(11)9-19-16/h1-8,18H,9H2. The number of phenols is 1. The largest absolute Gasteiger partial charge is 0.508 e. The van der Waals surface area contributed by atoms with Gasteiger partial charge in [-0.2, -0.15) is 0 Å². The monoisotopic (exact) mass is 249 g/mol. The van der Waals surface area contributed by atoms with Crippen molar-refractivity contribution in [3.63, 3.8) is 0 Å². The maximum Gasteiger partial charge on any atom is 0.127 e. The van der Waals surface area contributed by atoms with Crippen molar-refractivity contribution in [1.82, 2.24) is 4.98 Å². The summed E-state index contributed by atoms with van der Waals surface area (Å²) < 4.78 is 5.77. The number of hydrogen-bond donors (Lipinski definition) is 1. The zero-order valence-electron chi connectivity index (χ0n) is 10.1. The molecule has 0 unspecified atom stereocenters. The van der Waals surface area contributed by atoms with E-state index in [9.17, 15) is 5.11 Å². The molecule has 4 rings (SSSR count). The number of nitrogens with zero attached hydrogens (tertiary/aromatic N) is 1. The van der Waals surface area contributed by atoms with E-state index in [1.54, 1.807) is 24.4 Å². The van der Waals surface area contributed by atoms with Crippen molar-refractivity contribution in [3.05, 3.63) is 54.2 Å². The Kier molecular flexibility index (Phi) is 2.03. The molecule has 0 atom stereocenters. The van der Waals surface area contributed by atoms with Crippen LogP contribution < -0.4 is 4.74 Å². The fraction of sp³-hybridized carbons (Fsp3) is 0.0625. The van der Waals surface area contributed by atoms with Gasteiger partial charge < -0.3 is 9.84 Å². The quantitative estimate of drug-likeness (QED) is 0.663. The molecule has 0 fully saturated rings. The Hall–Kier alpha value is -2.55. The van der Waals surface area contributed by atoms with Crippen LogP contribution in [0.5, 0.6) is 11.5 Å². The van der Waals surface area contributed by atoms with Gasteiger partial charge in [-0.1, -0.05) is 12.1 Å². The topological polar surface area (TPSA) is 42.4 Å². The number of hydrogen-bond acceptors (Lipinski definition) is 3. The highest BCUT2D eigenvalue weighted by Gasteiger charge is 2.19. The molecule has 0 spiro atoms. The summed E-state index contributed by atoms with van der Waals surface area (Å²) in [6.45, 7) is 0.538. The summed E-state index contributed by atoms with van der Waals surface area (Å²) in [6.07, 6.45) is 1.79. The van der Waals surface area contributed by atoms with E-state index in [1.165, 1.54) is 0 Å². The summed E-state index contributed by atoms with van der Waals surface area (Å²) in [6, 6.07) is 13.2. The van der Waals surface area contributed by atoms with Crippen molar-refractivity contribution in [3.8, 4) is 22.6 Å². The molecule has 19 heavy (non-hydrogen) atoms. The number of aromatic hydroxyl groups is 1. The highest BCUT2D eigenvalue weighted by atomic mass is 16.5. The lowest BCUT2D eigenvalue weighted by Crippen LogP contribution is -2.06. The smallest absolute Gasteiger partial charge is 0.127 e. The molecule has 3 aromatic rings. The molecule has 0 saturated carbocycles. The van der Waals surface area contributed by atoms with E-state index in [0.717, 1.165) is 33.3 Å². The van der Waals surface area contributed by atoms with Gasteiger partial charge in [0.1, 0.15) is 18.1 Å². The van der Waals surface area contributed by atoms with Gasteiger partial charge >= 0.3 is 0 Å². The molecule has 2 aromatic carbocycles. The Labute approximate surface area is 110 Å². The predicted octanol–water partition coefficient (Wildman–Crippen LogP) is 3.50. The first-order valence-electron chi connectivity index (χ1n) is 6.16. The molecule has 0 saturated heterocycles.